The molecule has 0 aliphatic rings. The third-order valence-electron chi connectivity index (χ3n) is 3.96. The van der Waals surface area contributed by atoms with E-state index in [0.717, 1.165) is 11.3 Å². The Balaban J connectivity index is 2.39. The molecule has 10 heteroatoms. The van der Waals surface area contributed by atoms with Crippen LogP contribution in [-0.2, 0) is 19.4 Å². The molecule has 1 atom stereocenters. The third kappa shape index (κ3) is 6.95. The van der Waals surface area contributed by atoms with Gasteiger partial charge in [0.1, 0.15) is 23.7 Å². The summed E-state index contributed by atoms with van der Waals surface area (Å²) >= 11 is 0. The highest BCUT2D eigenvalue weighted by Crippen LogP contribution is 2.29. The molecule has 168 valence electrons. The van der Waals surface area contributed by atoms with E-state index in [-0.39, 0.29) is 16.3 Å². The number of benzene rings is 2. The van der Waals surface area contributed by atoms with Crippen LogP contribution in [0.4, 0.5) is 26.2 Å². The maximum atomic E-state index is 13.9. The zero-order valence-electron chi connectivity index (χ0n) is 18.0. The van der Waals surface area contributed by atoms with Crippen molar-refractivity contribution in [3.05, 3.63) is 48.3 Å². The van der Waals surface area contributed by atoms with Crippen LogP contribution in [0.15, 0.2) is 47.4 Å². The predicted molar refractivity (Wildman–Crippen MR) is 116 cm³/mol. The van der Waals surface area contributed by atoms with Crippen LogP contribution in [-0.4, -0.2) is 43.7 Å². The van der Waals surface area contributed by atoms with Gasteiger partial charge >= 0.3 is 6.09 Å². The molecule has 0 spiro atoms. The molecule has 0 aliphatic heterocycles. The standard InChI is InChI=1S/C21H26FN3O5S/c1-14(13-26)25(20(27)30-21(2,3)4)24-18-10-9-15(22)11-19(18)23-16-7-6-8-17(12-16)31(5,28)29/h6-14,23-24H,1-5H3. The van der Waals surface area contributed by atoms with Crippen molar-refractivity contribution in [1.82, 2.24) is 5.01 Å². The molecule has 2 N–H and O–H groups in total. The summed E-state index contributed by atoms with van der Waals surface area (Å²) in [6.07, 6.45) is 0.852. The van der Waals surface area contributed by atoms with E-state index in [4.69, 9.17) is 4.74 Å². The van der Waals surface area contributed by atoms with Gasteiger partial charge in [-0.1, -0.05) is 6.07 Å². The number of rotatable bonds is 7. The minimum absolute atomic E-state index is 0.0911. The van der Waals surface area contributed by atoms with E-state index in [0.29, 0.717) is 12.0 Å². The number of carbonyl (C=O) groups is 2. The maximum absolute atomic E-state index is 13.9. The lowest BCUT2D eigenvalue weighted by Gasteiger charge is -2.31. The van der Waals surface area contributed by atoms with Crippen LogP contribution in [0.25, 0.3) is 0 Å². The number of hydrazine groups is 1. The van der Waals surface area contributed by atoms with Gasteiger partial charge in [0.15, 0.2) is 9.84 Å². The first-order valence-corrected chi connectivity index (χ1v) is 11.3. The Hall–Kier alpha value is -3.14. The Morgan fingerprint density at radius 3 is 2.42 bits per heavy atom. The fourth-order valence-electron chi connectivity index (χ4n) is 2.49. The summed E-state index contributed by atoms with van der Waals surface area (Å²) in [4.78, 5) is 24.0. The average Bonchev–Trinajstić information content (AvgIpc) is 2.65. The number of aldehydes is 1. The Bertz CT molecular complexity index is 1070. The predicted octanol–water partition coefficient (Wildman–Crippen LogP) is 4.12. The molecule has 0 bridgehead atoms. The van der Waals surface area contributed by atoms with Crippen molar-refractivity contribution in [3.63, 3.8) is 0 Å². The monoisotopic (exact) mass is 451 g/mol. The molecular formula is C21H26FN3O5S. The first kappa shape index (κ1) is 24.1. The van der Waals surface area contributed by atoms with E-state index >= 15 is 0 Å². The van der Waals surface area contributed by atoms with Gasteiger partial charge in [0, 0.05) is 11.9 Å². The minimum atomic E-state index is -3.44. The molecule has 31 heavy (non-hydrogen) atoms. The summed E-state index contributed by atoms with van der Waals surface area (Å²) in [6, 6.07) is 8.86. The first-order chi connectivity index (χ1) is 14.3. The number of ether oxygens (including phenoxy) is 1. The van der Waals surface area contributed by atoms with Crippen LogP contribution in [0.2, 0.25) is 0 Å². The Labute approximate surface area is 181 Å². The third-order valence-corrected chi connectivity index (χ3v) is 5.07. The van der Waals surface area contributed by atoms with Crippen LogP contribution in [0.5, 0.6) is 0 Å². The van der Waals surface area contributed by atoms with Crippen LogP contribution >= 0.6 is 0 Å². The Morgan fingerprint density at radius 2 is 1.84 bits per heavy atom. The Kier molecular flexibility index (Phi) is 7.27. The quantitative estimate of drug-likeness (QED) is 0.482. The number of hydrogen-bond acceptors (Lipinski definition) is 7. The number of halogens is 1. The highest BCUT2D eigenvalue weighted by molar-refractivity contribution is 7.90. The molecule has 1 unspecified atom stereocenters. The molecule has 0 aromatic heterocycles. The number of nitrogens with one attached hydrogen (secondary N) is 2. The minimum Gasteiger partial charge on any atom is -0.442 e. The molecule has 0 radical (unpaired) electrons. The second kappa shape index (κ2) is 9.34. The van der Waals surface area contributed by atoms with Gasteiger partial charge in [-0.2, -0.15) is 0 Å². The van der Waals surface area contributed by atoms with Crippen molar-refractivity contribution in [1.29, 1.82) is 0 Å². The highest BCUT2D eigenvalue weighted by Gasteiger charge is 2.27. The van der Waals surface area contributed by atoms with Gasteiger partial charge in [-0.05, 0) is 64.1 Å². The number of nitrogens with zero attached hydrogens (tertiary/aromatic N) is 1. The Morgan fingerprint density at radius 1 is 1.16 bits per heavy atom. The van der Waals surface area contributed by atoms with Crippen molar-refractivity contribution in [2.24, 2.45) is 0 Å². The summed E-state index contributed by atoms with van der Waals surface area (Å²) in [5.74, 6) is -0.556. The lowest BCUT2D eigenvalue weighted by atomic mass is 10.2. The number of sulfone groups is 1. The maximum Gasteiger partial charge on any atom is 0.429 e. The van der Waals surface area contributed by atoms with E-state index in [1.807, 2.05) is 0 Å². The van der Waals surface area contributed by atoms with E-state index in [1.165, 1.54) is 37.3 Å². The SMILES string of the molecule is CC(C=O)N(Nc1ccc(F)cc1Nc1cccc(S(C)(=O)=O)c1)C(=O)OC(C)(C)C. The topological polar surface area (TPSA) is 105 Å². The molecule has 8 nitrogen and oxygen atoms in total. The second-order valence-corrected chi connectivity index (χ2v) is 9.97. The van der Waals surface area contributed by atoms with Gasteiger partial charge in [-0.15, -0.1) is 0 Å². The zero-order chi connectivity index (χ0) is 23.4. The van der Waals surface area contributed by atoms with Crippen molar-refractivity contribution < 1.29 is 27.1 Å². The first-order valence-electron chi connectivity index (χ1n) is 9.41. The van der Waals surface area contributed by atoms with Crippen LogP contribution in [0.1, 0.15) is 27.7 Å². The van der Waals surface area contributed by atoms with Crippen LogP contribution in [0, 0.1) is 5.82 Å². The van der Waals surface area contributed by atoms with Crippen LogP contribution < -0.4 is 10.7 Å². The fourth-order valence-corrected chi connectivity index (χ4v) is 3.16. The lowest BCUT2D eigenvalue weighted by Crippen LogP contribution is -2.46. The molecule has 0 fully saturated rings. The van der Waals surface area contributed by atoms with E-state index in [2.05, 4.69) is 10.7 Å². The van der Waals surface area contributed by atoms with Gasteiger partial charge in [0.25, 0.3) is 0 Å². The normalized spacial score (nSPS) is 12.6. The lowest BCUT2D eigenvalue weighted by molar-refractivity contribution is -0.111. The summed E-state index contributed by atoms with van der Waals surface area (Å²) in [5, 5.41) is 3.93. The van der Waals surface area contributed by atoms with E-state index in [1.54, 1.807) is 32.9 Å². The molecule has 1 amide bonds. The second-order valence-electron chi connectivity index (χ2n) is 7.95. The van der Waals surface area contributed by atoms with Crippen LogP contribution in [0.3, 0.4) is 0 Å². The summed E-state index contributed by atoms with van der Waals surface area (Å²) < 4.78 is 42.9. The molecule has 2 aromatic carbocycles. The van der Waals surface area contributed by atoms with E-state index < -0.39 is 33.4 Å². The van der Waals surface area contributed by atoms with Gasteiger partial charge in [-0.3, -0.25) is 5.43 Å². The van der Waals surface area contributed by atoms with Gasteiger partial charge in [0.05, 0.1) is 16.3 Å². The van der Waals surface area contributed by atoms with E-state index in [9.17, 15) is 22.4 Å². The van der Waals surface area contributed by atoms with Crippen molar-refractivity contribution in [2.75, 3.05) is 17.0 Å². The number of carbonyl (C=O) groups excluding carboxylic acids is 2. The van der Waals surface area contributed by atoms with Gasteiger partial charge < -0.3 is 14.8 Å². The molecular weight excluding hydrogens is 425 g/mol. The number of anilines is 3. The fraction of sp³-hybridized carbons (Fsp3) is 0.333. The summed E-state index contributed by atoms with van der Waals surface area (Å²) in [7, 11) is -3.44. The molecule has 2 aromatic rings. The average molecular weight is 452 g/mol. The molecule has 0 saturated carbocycles. The molecule has 0 heterocycles. The van der Waals surface area contributed by atoms with Crippen molar-refractivity contribution >= 4 is 39.3 Å². The number of hydrogen-bond donors (Lipinski definition) is 2. The zero-order valence-corrected chi connectivity index (χ0v) is 18.8. The highest BCUT2D eigenvalue weighted by atomic mass is 32.2. The molecule has 0 saturated heterocycles. The molecule has 2 rings (SSSR count). The van der Waals surface area contributed by atoms with Gasteiger partial charge in [-0.25, -0.2) is 22.6 Å². The van der Waals surface area contributed by atoms with Crippen molar-refractivity contribution in [2.45, 2.75) is 44.2 Å². The molecule has 0 aliphatic carbocycles. The summed E-state index contributed by atoms with van der Waals surface area (Å²) in [5.41, 5.74) is 2.88. The number of amides is 1. The van der Waals surface area contributed by atoms with Gasteiger partial charge in [0.2, 0.25) is 0 Å². The van der Waals surface area contributed by atoms with Crippen molar-refractivity contribution in [3.8, 4) is 0 Å². The smallest absolute Gasteiger partial charge is 0.429 e. The summed E-state index contributed by atoms with van der Waals surface area (Å²) in [6.45, 7) is 6.56. The largest absolute Gasteiger partial charge is 0.442 e.